The van der Waals surface area contributed by atoms with E-state index in [0.717, 1.165) is 6.42 Å². The van der Waals surface area contributed by atoms with Crippen LogP contribution in [0.4, 0.5) is 0 Å². The van der Waals surface area contributed by atoms with Gasteiger partial charge in [0.05, 0.1) is 6.04 Å². The molecule has 2 nitrogen and oxygen atoms in total. The van der Waals surface area contributed by atoms with Gasteiger partial charge >= 0.3 is 0 Å². The van der Waals surface area contributed by atoms with Crippen LogP contribution in [0.1, 0.15) is 23.5 Å². The van der Waals surface area contributed by atoms with Crippen molar-refractivity contribution in [1.82, 2.24) is 0 Å². The van der Waals surface area contributed by atoms with E-state index in [1.807, 2.05) is 6.08 Å². The van der Waals surface area contributed by atoms with Crippen molar-refractivity contribution in [3.8, 4) is 0 Å². The van der Waals surface area contributed by atoms with Gasteiger partial charge in [0, 0.05) is 5.92 Å². The summed E-state index contributed by atoms with van der Waals surface area (Å²) in [5, 5.41) is 8.10. The number of hydrogen-bond acceptors (Lipinski definition) is 2. The third kappa shape index (κ3) is 1.42. The van der Waals surface area contributed by atoms with E-state index in [4.69, 9.17) is 0 Å². The lowest BCUT2D eigenvalue weighted by Gasteiger charge is -2.20. The highest BCUT2D eigenvalue weighted by Crippen LogP contribution is 2.33. The molecule has 73 valence electrons. The minimum atomic E-state index is 0.256. The summed E-state index contributed by atoms with van der Waals surface area (Å²) in [6.07, 6.45) is 10.2. The van der Waals surface area contributed by atoms with Crippen LogP contribution in [-0.2, 0) is 0 Å². The minimum Gasteiger partial charge on any atom is -0.184 e. The Bertz CT molecular complexity index is 457. The van der Waals surface area contributed by atoms with Crippen LogP contribution in [0.2, 0.25) is 0 Å². The maximum Gasteiger partial charge on any atom is 0.109 e. The molecule has 2 atom stereocenters. The second-order valence-electron chi connectivity index (χ2n) is 3.87. The fourth-order valence-electron chi connectivity index (χ4n) is 2.20. The van der Waals surface area contributed by atoms with Crippen LogP contribution < -0.4 is 0 Å². The average Bonchev–Trinajstić information content (AvgIpc) is 2.48. The summed E-state index contributed by atoms with van der Waals surface area (Å²) in [5.41, 5.74) is 2.63. The lowest BCUT2D eigenvalue weighted by atomic mass is 9.89. The normalized spacial score (nSPS) is 26.9. The molecular formula is C13H11N2. The first kappa shape index (κ1) is 8.60. The Morgan fingerprint density at radius 3 is 3.20 bits per heavy atom. The first-order valence-electron chi connectivity index (χ1n) is 5.19. The molecule has 1 aliphatic heterocycles. The second-order valence-corrected chi connectivity index (χ2v) is 3.87. The first-order valence-corrected chi connectivity index (χ1v) is 5.19. The van der Waals surface area contributed by atoms with E-state index in [9.17, 15) is 0 Å². The molecule has 1 aliphatic carbocycles. The molecule has 0 aromatic heterocycles. The summed E-state index contributed by atoms with van der Waals surface area (Å²) in [6.45, 7) is 0. The zero-order valence-corrected chi connectivity index (χ0v) is 8.30. The van der Waals surface area contributed by atoms with E-state index >= 15 is 0 Å². The van der Waals surface area contributed by atoms with Gasteiger partial charge in [-0.1, -0.05) is 36.4 Å². The molecule has 2 heteroatoms. The molecule has 0 fully saturated rings. The van der Waals surface area contributed by atoms with E-state index in [2.05, 4.69) is 52.8 Å². The monoisotopic (exact) mass is 195 g/mol. The van der Waals surface area contributed by atoms with Crippen LogP contribution >= 0.6 is 0 Å². The molecule has 1 aromatic carbocycles. The molecule has 0 saturated carbocycles. The summed E-state index contributed by atoms with van der Waals surface area (Å²) in [4.78, 5) is 0. The van der Waals surface area contributed by atoms with Crippen LogP contribution in [0.25, 0.3) is 6.08 Å². The Morgan fingerprint density at radius 1 is 1.27 bits per heavy atom. The zero-order valence-electron chi connectivity index (χ0n) is 8.30. The van der Waals surface area contributed by atoms with Gasteiger partial charge in [0.25, 0.3) is 0 Å². The van der Waals surface area contributed by atoms with Gasteiger partial charge < -0.3 is 0 Å². The van der Waals surface area contributed by atoms with Gasteiger partial charge in [-0.05, 0) is 23.6 Å². The van der Waals surface area contributed by atoms with Crippen LogP contribution in [-0.4, -0.2) is 6.04 Å². The molecule has 2 unspecified atom stereocenters. The molecular weight excluding hydrogens is 184 g/mol. The predicted molar refractivity (Wildman–Crippen MR) is 59.3 cm³/mol. The molecule has 1 heterocycles. The Hall–Kier alpha value is -1.70. The van der Waals surface area contributed by atoms with E-state index < -0.39 is 0 Å². The number of benzene rings is 1. The van der Waals surface area contributed by atoms with E-state index in [1.54, 1.807) is 0 Å². The molecule has 3 rings (SSSR count). The summed E-state index contributed by atoms with van der Waals surface area (Å²) >= 11 is 0. The summed E-state index contributed by atoms with van der Waals surface area (Å²) in [7, 11) is 0. The highest BCUT2D eigenvalue weighted by Gasteiger charge is 2.25. The number of nitrogens with zero attached hydrogens (tertiary/aromatic N) is 2. The van der Waals surface area contributed by atoms with Crippen molar-refractivity contribution >= 4 is 6.08 Å². The van der Waals surface area contributed by atoms with Crippen molar-refractivity contribution in [3.63, 3.8) is 0 Å². The van der Waals surface area contributed by atoms with Crippen molar-refractivity contribution in [2.45, 2.75) is 18.4 Å². The largest absolute Gasteiger partial charge is 0.184 e. The lowest BCUT2D eigenvalue weighted by Crippen LogP contribution is -2.15. The highest BCUT2D eigenvalue weighted by molar-refractivity contribution is 5.57. The summed E-state index contributed by atoms with van der Waals surface area (Å²) in [6, 6.07) is 8.72. The van der Waals surface area contributed by atoms with Gasteiger partial charge in [0.1, 0.15) is 6.20 Å². The zero-order chi connectivity index (χ0) is 10.1. The molecule has 0 spiro atoms. The Morgan fingerprint density at radius 2 is 2.20 bits per heavy atom. The number of rotatable bonds is 0. The third-order valence-electron chi connectivity index (χ3n) is 2.96. The fourth-order valence-corrected chi connectivity index (χ4v) is 2.20. The van der Waals surface area contributed by atoms with Crippen molar-refractivity contribution < 1.29 is 0 Å². The Balaban J connectivity index is 2.13. The van der Waals surface area contributed by atoms with Gasteiger partial charge in [-0.15, -0.1) is 0 Å². The van der Waals surface area contributed by atoms with Crippen LogP contribution in [0, 0.1) is 6.20 Å². The molecule has 0 N–H and O–H groups in total. The van der Waals surface area contributed by atoms with Gasteiger partial charge in [0.2, 0.25) is 0 Å². The minimum absolute atomic E-state index is 0.256. The van der Waals surface area contributed by atoms with Crippen LogP contribution in [0.5, 0.6) is 0 Å². The van der Waals surface area contributed by atoms with E-state index in [0.29, 0.717) is 5.92 Å². The molecule has 1 aromatic rings. The maximum absolute atomic E-state index is 4.24. The number of azo groups is 1. The number of fused-ring (bicyclic) bond motifs is 3. The van der Waals surface area contributed by atoms with Crippen LogP contribution in [0.15, 0.2) is 46.6 Å². The third-order valence-corrected chi connectivity index (χ3v) is 2.96. The fraction of sp³-hybridized carbons (Fsp3) is 0.231. The number of hydrogen-bond donors (Lipinski definition) is 0. The van der Waals surface area contributed by atoms with Crippen molar-refractivity contribution in [3.05, 3.63) is 53.7 Å². The first-order chi connectivity index (χ1) is 7.45. The smallest absolute Gasteiger partial charge is 0.109 e. The van der Waals surface area contributed by atoms with Crippen molar-refractivity contribution in [2.75, 3.05) is 0 Å². The molecule has 0 bridgehead atoms. The molecule has 15 heavy (non-hydrogen) atoms. The van der Waals surface area contributed by atoms with E-state index in [1.165, 1.54) is 11.1 Å². The van der Waals surface area contributed by atoms with Gasteiger partial charge in [-0.25, -0.2) is 0 Å². The Kier molecular flexibility index (Phi) is 1.98. The lowest BCUT2D eigenvalue weighted by molar-refractivity contribution is 0.574. The quantitative estimate of drug-likeness (QED) is 0.606. The molecule has 2 aliphatic rings. The van der Waals surface area contributed by atoms with Crippen LogP contribution in [0.3, 0.4) is 0 Å². The van der Waals surface area contributed by atoms with Gasteiger partial charge in [0.15, 0.2) is 0 Å². The van der Waals surface area contributed by atoms with Gasteiger partial charge in [-0.3, -0.25) is 0 Å². The average molecular weight is 195 g/mol. The highest BCUT2D eigenvalue weighted by atomic mass is 15.1. The molecule has 1 radical (unpaired) electrons. The standard InChI is InChI=1S/C13H11N2/c1-2-6-11-10(4-1)5-3-7-13-12(11)8-9-14-15-13/h1-6,8,12-13H,7H2. The SMILES string of the molecule is [C]1=CC2c3ccccc3C=CCC2N=N1. The second kappa shape index (κ2) is 3.46. The summed E-state index contributed by atoms with van der Waals surface area (Å²) in [5.74, 6) is 0.341. The van der Waals surface area contributed by atoms with E-state index in [-0.39, 0.29) is 6.04 Å². The Labute approximate surface area is 89.0 Å². The molecule has 0 amide bonds. The molecule has 0 saturated heterocycles. The van der Waals surface area contributed by atoms with Crippen molar-refractivity contribution in [2.24, 2.45) is 10.2 Å². The van der Waals surface area contributed by atoms with Crippen molar-refractivity contribution in [1.29, 1.82) is 0 Å². The topological polar surface area (TPSA) is 24.7 Å². The summed E-state index contributed by atoms with van der Waals surface area (Å²) < 4.78 is 0. The maximum atomic E-state index is 4.24. The van der Waals surface area contributed by atoms with Gasteiger partial charge in [-0.2, -0.15) is 10.2 Å². The predicted octanol–water partition coefficient (Wildman–Crippen LogP) is 3.34.